The summed E-state index contributed by atoms with van der Waals surface area (Å²) in [5, 5.41) is 0. The summed E-state index contributed by atoms with van der Waals surface area (Å²) in [6.45, 7) is 2.73. The van der Waals surface area contributed by atoms with Gasteiger partial charge in [0.15, 0.2) is 11.5 Å². The Kier molecular flexibility index (Phi) is 3.75. The Morgan fingerprint density at radius 1 is 1.28 bits per heavy atom. The molecule has 1 heterocycles. The number of carbonyl (C=O) groups excluding carboxylic acids is 1. The van der Waals surface area contributed by atoms with Crippen LogP contribution < -0.4 is 9.47 Å². The molecule has 2 rings (SSSR count). The lowest BCUT2D eigenvalue weighted by Crippen LogP contribution is -2.30. The molecule has 4 nitrogen and oxygen atoms in total. The molecule has 0 saturated carbocycles. The molecular formula is C14H19NO3. The second-order valence-electron chi connectivity index (χ2n) is 4.60. The van der Waals surface area contributed by atoms with Gasteiger partial charge in [-0.25, -0.2) is 0 Å². The Bertz CT molecular complexity index is 445. The molecule has 0 aliphatic carbocycles. The summed E-state index contributed by atoms with van der Waals surface area (Å²) in [5.41, 5.74) is 1.06. The molecule has 0 spiro atoms. The van der Waals surface area contributed by atoms with Gasteiger partial charge in [-0.05, 0) is 31.0 Å². The summed E-state index contributed by atoms with van der Waals surface area (Å²) in [6, 6.07) is 6.10. The van der Waals surface area contributed by atoms with E-state index in [1.807, 2.05) is 23.1 Å². The van der Waals surface area contributed by atoms with E-state index < -0.39 is 0 Å². The van der Waals surface area contributed by atoms with E-state index in [1.54, 1.807) is 14.2 Å². The third kappa shape index (κ3) is 2.42. The number of rotatable bonds is 4. The molecule has 1 aromatic carbocycles. The third-order valence-corrected chi connectivity index (χ3v) is 3.43. The van der Waals surface area contributed by atoms with Crippen LogP contribution >= 0.6 is 0 Å². The van der Waals surface area contributed by atoms with Crippen LogP contribution in [0.2, 0.25) is 0 Å². The lowest BCUT2D eigenvalue weighted by molar-refractivity contribution is -0.129. The topological polar surface area (TPSA) is 38.8 Å². The molecule has 1 aliphatic heterocycles. The standard InChI is InChI=1S/C14H19NO3/c1-10-4-7-14(16)15(10)9-11-5-6-12(17-2)13(8-11)18-3/h5-6,8,10H,4,7,9H2,1-3H3. The van der Waals surface area contributed by atoms with Crippen LogP contribution in [0.25, 0.3) is 0 Å². The third-order valence-electron chi connectivity index (χ3n) is 3.43. The average Bonchev–Trinajstić information content (AvgIpc) is 2.70. The van der Waals surface area contributed by atoms with E-state index >= 15 is 0 Å². The summed E-state index contributed by atoms with van der Waals surface area (Å²) in [7, 11) is 3.23. The highest BCUT2D eigenvalue weighted by atomic mass is 16.5. The van der Waals surface area contributed by atoms with Crippen LogP contribution in [0.3, 0.4) is 0 Å². The lowest BCUT2D eigenvalue weighted by atomic mass is 10.1. The number of ether oxygens (including phenoxy) is 2. The molecule has 1 saturated heterocycles. The number of amides is 1. The van der Waals surface area contributed by atoms with Crippen molar-refractivity contribution in [2.24, 2.45) is 0 Å². The van der Waals surface area contributed by atoms with Gasteiger partial charge in [-0.15, -0.1) is 0 Å². The lowest BCUT2D eigenvalue weighted by Gasteiger charge is -2.22. The molecule has 1 aromatic rings. The quantitative estimate of drug-likeness (QED) is 0.821. The Balaban J connectivity index is 2.16. The Labute approximate surface area is 107 Å². The molecule has 0 radical (unpaired) electrons. The predicted octanol–water partition coefficient (Wildman–Crippen LogP) is 2.21. The number of hydrogen-bond acceptors (Lipinski definition) is 3. The highest BCUT2D eigenvalue weighted by Gasteiger charge is 2.27. The summed E-state index contributed by atoms with van der Waals surface area (Å²) >= 11 is 0. The van der Waals surface area contributed by atoms with Crippen molar-refractivity contribution in [2.75, 3.05) is 14.2 Å². The largest absolute Gasteiger partial charge is 0.493 e. The summed E-state index contributed by atoms with van der Waals surface area (Å²) in [6.07, 6.45) is 1.61. The first-order valence-electron chi connectivity index (χ1n) is 6.16. The summed E-state index contributed by atoms with van der Waals surface area (Å²) < 4.78 is 10.5. The van der Waals surface area contributed by atoms with Crippen LogP contribution in [-0.2, 0) is 11.3 Å². The molecule has 1 aliphatic rings. The van der Waals surface area contributed by atoms with E-state index in [1.165, 1.54) is 0 Å². The van der Waals surface area contributed by atoms with Gasteiger partial charge in [0.1, 0.15) is 0 Å². The van der Waals surface area contributed by atoms with Gasteiger partial charge in [0.2, 0.25) is 5.91 Å². The molecule has 1 unspecified atom stereocenters. The van der Waals surface area contributed by atoms with Crippen molar-refractivity contribution in [3.63, 3.8) is 0 Å². The van der Waals surface area contributed by atoms with E-state index in [0.29, 0.717) is 30.5 Å². The normalized spacial score (nSPS) is 19.2. The molecule has 0 bridgehead atoms. The molecule has 0 aromatic heterocycles. The van der Waals surface area contributed by atoms with Gasteiger partial charge in [0, 0.05) is 19.0 Å². The van der Waals surface area contributed by atoms with Gasteiger partial charge in [0.25, 0.3) is 0 Å². The van der Waals surface area contributed by atoms with Crippen LogP contribution in [-0.4, -0.2) is 31.1 Å². The summed E-state index contributed by atoms with van der Waals surface area (Å²) in [5.74, 6) is 1.65. The second-order valence-corrected chi connectivity index (χ2v) is 4.60. The zero-order valence-electron chi connectivity index (χ0n) is 11.1. The van der Waals surface area contributed by atoms with E-state index in [2.05, 4.69) is 6.92 Å². The van der Waals surface area contributed by atoms with Gasteiger partial charge in [-0.1, -0.05) is 6.07 Å². The minimum Gasteiger partial charge on any atom is -0.493 e. The fourth-order valence-electron chi connectivity index (χ4n) is 2.30. The first-order valence-corrected chi connectivity index (χ1v) is 6.16. The van der Waals surface area contributed by atoms with Crippen LogP contribution in [0.4, 0.5) is 0 Å². The maximum Gasteiger partial charge on any atom is 0.223 e. The van der Waals surface area contributed by atoms with Gasteiger partial charge in [-0.3, -0.25) is 4.79 Å². The average molecular weight is 249 g/mol. The maximum absolute atomic E-state index is 11.7. The van der Waals surface area contributed by atoms with E-state index in [-0.39, 0.29) is 5.91 Å². The zero-order chi connectivity index (χ0) is 13.1. The molecular weight excluding hydrogens is 230 g/mol. The van der Waals surface area contributed by atoms with E-state index in [0.717, 1.165) is 12.0 Å². The Hall–Kier alpha value is -1.71. The molecule has 18 heavy (non-hydrogen) atoms. The number of hydrogen-bond donors (Lipinski definition) is 0. The van der Waals surface area contributed by atoms with Crippen molar-refractivity contribution in [2.45, 2.75) is 32.4 Å². The van der Waals surface area contributed by atoms with Crippen LogP contribution in [0.5, 0.6) is 11.5 Å². The van der Waals surface area contributed by atoms with Crippen molar-refractivity contribution in [1.82, 2.24) is 4.90 Å². The number of methoxy groups -OCH3 is 2. The maximum atomic E-state index is 11.7. The molecule has 0 N–H and O–H groups in total. The van der Waals surface area contributed by atoms with Crippen molar-refractivity contribution < 1.29 is 14.3 Å². The molecule has 98 valence electrons. The molecule has 1 amide bonds. The highest BCUT2D eigenvalue weighted by molar-refractivity contribution is 5.78. The zero-order valence-corrected chi connectivity index (χ0v) is 11.1. The van der Waals surface area contributed by atoms with Crippen molar-refractivity contribution >= 4 is 5.91 Å². The molecule has 1 fully saturated rings. The van der Waals surface area contributed by atoms with Crippen LogP contribution in [0.1, 0.15) is 25.3 Å². The monoisotopic (exact) mass is 249 g/mol. The number of carbonyl (C=O) groups is 1. The first kappa shape index (κ1) is 12.7. The Morgan fingerprint density at radius 3 is 2.56 bits per heavy atom. The fraction of sp³-hybridized carbons (Fsp3) is 0.500. The molecule has 4 heteroatoms. The SMILES string of the molecule is COc1ccc(CN2C(=O)CCC2C)cc1OC. The van der Waals surface area contributed by atoms with Crippen molar-refractivity contribution in [3.8, 4) is 11.5 Å². The number of likely N-dealkylation sites (tertiary alicyclic amines) is 1. The van der Waals surface area contributed by atoms with Gasteiger partial charge < -0.3 is 14.4 Å². The second kappa shape index (κ2) is 5.29. The first-order chi connectivity index (χ1) is 8.65. The van der Waals surface area contributed by atoms with E-state index in [4.69, 9.17) is 9.47 Å². The van der Waals surface area contributed by atoms with Crippen molar-refractivity contribution in [3.05, 3.63) is 23.8 Å². The smallest absolute Gasteiger partial charge is 0.223 e. The van der Waals surface area contributed by atoms with E-state index in [9.17, 15) is 4.79 Å². The minimum atomic E-state index is 0.234. The predicted molar refractivity (Wildman–Crippen MR) is 68.8 cm³/mol. The van der Waals surface area contributed by atoms with Crippen LogP contribution in [0.15, 0.2) is 18.2 Å². The summed E-state index contributed by atoms with van der Waals surface area (Å²) in [4.78, 5) is 13.7. The van der Waals surface area contributed by atoms with Gasteiger partial charge >= 0.3 is 0 Å². The fourth-order valence-corrected chi connectivity index (χ4v) is 2.30. The number of nitrogens with zero attached hydrogens (tertiary/aromatic N) is 1. The van der Waals surface area contributed by atoms with Crippen LogP contribution in [0, 0.1) is 0 Å². The minimum absolute atomic E-state index is 0.234. The molecule has 1 atom stereocenters. The number of benzene rings is 1. The van der Waals surface area contributed by atoms with Crippen molar-refractivity contribution in [1.29, 1.82) is 0 Å². The highest BCUT2D eigenvalue weighted by Crippen LogP contribution is 2.29. The van der Waals surface area contributed by atoms with Gasteiger partial charge in [0.05, 0.1) is 14.2 Å². The Morgan fingerprint density at radius 2 is 2.00 bits per heavy atom. The van der Waals surface area contributed by atoms with Gasteiger partial charge in [-0.2, -0.15) is 0 Å².